The number of benzene rings is 1. The maximum Gasteiger partial charge on any atom is 0.191 e. The molecule has 3 N–H and O–H groups in total. The maximum atomic E-state index is 6.27. The van der Waals surface area contributed by atoms with Crippen LogP contribution in [0, 0.1) is 5.92 Å². The normalized spacial score (nSPS) is 16.2. The summed E-state index contributed by atoms with van der Waals surface area (Å²) in [5, 5.41) is 6.67. The molecular formula is C19H29IN6S. The Morgan fingerprint density at radius 1 is 1.22 bits per heavy atom. The van der Waals surface area contributed by atoms with Crippen molar-refractivity contribution in [1.82, 2.24) is 9.88 Å². The summed E-state index contributed by atoms with van der Waals surface area (Å²) in [4.78, 5) is 13.5. The Morgan fingerprint density at radius 2 is 1.93 bits per heavy atom. The number of halogens is 1. The first-order chi connectivity index (χ1) is 12.6. The van der Waals surface area contributed by atoms with Crippen LogP contribution in [0.1, 0.15) is 13.8 Å². The van der Waals surface area contributed by atoms with Crippen molar-refractivity contribution in [1.29, 1.82) is 0 Å². The smallest absolute Gasteiger partial charge is 0.191 e. The highest BCUT2D eigenvalue weighted by atomic mass is 127. The number of hydrogen-bond acceptors (Lipinski definition) is 5. The Hall–Kier alpha value is -1.55. The Bertz CT molecular complexity index is 683. The van der Waals surface area contributed by atoms with Crippen LogP contribution in [-0.4, -0.2) is 54.6 Å². The van der Waals surface area contributed by atoms with Crippen molar-refractivity contribution in [2.45, 2.75) is 19.9 Å². The second-order valence-corrected chi connectivity index (χ2v) is 7.72. The van der Waals surface area contributed by atoms with Gasteiger partial charge in [0, 0.05) is 49.5 Å². The van der Waals surface area contributed by atoms with Gasteiger partial charge in [-0.25, -0.2) is 4.98 Å². The molecule has 6 nitrogen and oxygen atoms in total. The molecule has 0 amide bonds. The van der Waals surface area contributed by atoms with Crippen LogP contribution in [0.2, 0.25) is 0 Å². The Kier molecular flexibility index (Phi) is 8.62. The lowest BCUT2D eigenvalue weighted by Crippen LogP contribution is -2.51. The summed E-state index contributed by atoms with van der Waals surface area (Å²) in [6, 6.07) is 10.5. The number of nitrogens with one attached hydrogen (secondary N) is 1. The zero-order chi connectivity index (χ0) is 18.4. The van der Waals surface area contributed by atoms with Crippen molar-refractivity contribution in [2.75, 3.05) is 42.9 Å². The third-order valence-corrected chi connectivity index (χ3v) is 5.51. The van der Waals surface area contributed by atoms with E-state index in [0.29, 0.717) is 18.4 Å². The number of hydrogen-bond donors (Lipinski definition) is 2. The zero-order valence-corrected chi connectivity index (χ0v) is 19.1. The molecule has 1 fully saturated rings. The predicted molar refractivity (Wildman–Crippen MR) is 126 cm³/mol. The quantitative estimate of drug-likeness (QED) is 0.362. The van der Waals surface area contributed by atoms with E-state index in [2.05, 4.69) is 51.1 Å². The van der Waals surface area contributed by atoms with Gasteiger partial charge in [-0.2, -0.15) is 0 Å². The van der Waals surface area contributed by atoms with Gasteiger partial charge in [-0.1, -0.05) is 32.0 Å². The fourth-order valence-corrected chi connectivity index (χ4v) is 3.66. The number of aromatic nitrogens is 1. The van der Waals surface area contributed by atoms with Crippen LogP contribution in [0.25, 0.3) is 0 Å². The molecule has 148 valence electrons. The number of guanidine groups is 1. The van der Waals surface area contributed by atoms with E-state index in [1.54, 1.807) is 11.3 Å². The van der Waals surface area contributed by atoms with Crippen molar-refractivity contribution >= 4 is 52.1 Å². The van der Waals surface area contributed by atoms with Crippen LogP contribution in [-0.2, 0) is 0 Å². The Balaban J connectivity index is 0.00000261. The van der Waals surface area contributed by atoms with Crippen LogP contribution in [0.5, 0.6) is 0 Å². The third-order valence-electron chi connectivity index (χ3n) is 4.67. The van der Waals surface area contributed by atoms with Crippen LogP contribution in [0.15, 0.2) is 46.9 Å². The first kappa shape index (κ1) is 21.7. The fraction of sp³-hybridized carbons (Fsp3) is 0.474. The number of nitrogens with zero attached hydrogens (tertiary/aromatic N) is 4. The highest BCUT2D eigenvalue weighted by Gasteiger charge is 2.20. The van der Waals surface area contributed by atoms with Gasteiger partial charge in [0.25, 0.3) is 0 Å². The molecule has 1 aromatic heterocycles. The number of piperazine rings is 1. The highest BCUT2D eigenvalue weighted by molar-refractivity contribution is 14.0. The standard InChI is InChI=1S/C19H28N6S.HI/c1-15(2)17(23-16-6-4-3-5-7-16)14-22-18(20)24-9-11-25(12-10-24)19-21-8-13-26-19;/h3-8,13,15,17,23H,9-12,14H2,1-2H3,(H2,20,22);1H. The average molecular weight is 500 g/mol. The fourth-order valence-electron chi connectivity index (χ4n) is 2.96. The minimum absolute atomic E-state index is 0. The number of para-hydroxylation sites is 1. The average Bonchev–Trinajstić information content (AvgIpc) is 3.20. The largest absolute Gasteiger partial charge is 0.380 e. The van der Waals surface area contributed by atoms with E-state index in [1.165, 1.54) is 0 Å². The molecule has 2 heterocycles. The van der Waals surface area contributed by atoms with Gasteiger partial charge in [0.1, 0.15) is 0 Å². The lowest BCUT2D eigenvalue weighted by Gasteiger charge is -2.35. The van der Waals surface area contributed by atoms with Crippen LogP contribution in [0.3, 0.4) is 0 Å². The Morgan fingerprint density at radius 3 is 2.52 bits per heavy atom. The summed E-state index contributed by atoms with van der Waals surface area (Å²) in [5.41, 5.74) is 7.39. The van der Waals surface area contributed by atoms with Crippen LogP contribution in [0.4, 0.5) is 10.8 Å². The number of thiazole rings is 1. The molecule has 1 saturated heterocycles. The van der Waals surface area contributed by atoms with Crippen molar-refractivity contribution in [2.24, 2.45) is 16.6 Å². The topological polar surface area (TPSA) is 69.8 Å². The second kappa shape index (κ2) is 10.7. The van der Waals surface area contributed by atoms with Gasteiger partial charge in [-0.3, -0.25) is 4.99 Å². The van der Waals surface area contributed by atoms with Gasteiger partial charge in [-0.05, 0) is 18.1 Å². The van der Waals surface area contributed by atoms with Crippen molar-refractivity contribution in [3.8, 4) is 0 Å². The van der Waals surface area contributed by atoms with E-state index in [4.69, 9.17) is 5.73 Å². The number of nitrogens with two attached hydrogens (primary N) is 1. The van der Waals surface area contributed by atoms with Gasteiger partial charge in [0.15, 0.2) is 11.1 Å². The minimum Gasteiger partial charge on any atom is -0.380 e. The van der Waals surface area contributed by atoms with Gasteiger partial charge in [0.05, 0.1) is 6.54 Å². The van der Waals surface area contributed by atoms with E-state index >= 15 is 0 Å². The lowest BCUT2D eigenvalue weighted by molar-refractivity contribution is 0.379. The van der Waals surface area contributed by atoms with E-state index in [9.17, 15) is 0 Å². The van der Waals surface area contributed by atoms with Gasteiger partial charge in [-0.15, -0.1) is 35.3 Å². The summed E-state index contributed by atoms with van der Waals surface area (Å²) < 4.78 is 0. The van der Waals surface area contributed by atoms with Crippen molar-refractivity contribution in [3.05, 3.63) is 41.9 Å². The summed E-state index contributed by atoms with van der Waals surface area (Å²) >= 11 is 1.68. The molecule has 2 aromatic rings. The molecule has 1 aliphatic heterocycles. The molecule has 0 radical (unpaired) electrons. The van der Waals surface area contributed by atoms with Crippen LogP contribution >= 0.6 is 35.3 Å². The lowest BCUT2D eigenvalue weighted by atomic mass is 10.0. The monoisotopic (exact) mass is 500 g/mol. The van der Waals surface area contributed by atoms with Gasteiger partial charge < -0.3 is 20.9 Å². The zero-order valence-electron chi connectivity index (χ0n) is 15.9. The van der Waals surface area contributed by atoms with Crippen molar-refractivity contribution in [3.63, 3.8) is 0 Å². The minimum atomic E-state index is 0. The number of aliphatic imine (C=N–C) groups is 1. The van der Waals surface area contributed by atoms with E-state index in [0.717, 1.165) is 37.0 Å². The SMILES string of the molecule is CC(C)C(CN=C(N)N1CCN(c2nccs2)CC1)Nc1ccccc1.I. The molecular weight excluding hydrogens is 471 g/mol. The molecule has 27 heavy (non-hydrogen) atoms. The maximum absolute atomic E-state index is 6.27. The Labute approximate surface area is 182 Å². The summed E-state index contributed by atoms with van der Waals surface area (Å²) in [7, 11) is 0. The van der Waals surface area contributed by atoms with Crippen LogP contribution < -0.4 is 16.0 Å². The molecule has 1 aromatic carbocycles. The first-order valence-corrected chi connectivity index (χ1v) is 10.0. The van der Waals surface area contributed by atoms with E-state index < -0.39 is 0 Å². The summed E-state index contributed by atoms with van der Waals surface area (Å²) in [6.45, 7) is 8.71. The molecule has 0 saturated carbocycles. The number of anilines is 2. The molecule has 1 aliphatic rings. The van der Waals surface area contributed by atoms with E-state index in [-0.39, 0.29) is 30.0 Å². The second-order valence-electron chi connectivity index (χ2n) is 6.85. The van der Waals surface area contributed by atoms with Crippen molar-refractivity contribution < 1.29 is 0 Å². The van der Waals surface area contributed by atoms with Gasteiger partial charge in [0.2, 0.25) is 0 Å². The summed E-state index contributed by atoms with van der Waals surface area (Å²) in [6.07, 6.45) is 1.86. The molecule has 3 rings (SSSR count). The number of rotatable bonds is 6. The van der Waals surface area contributed by atoms with E-state index in [1.807, 2.05) is 29.8 Å². The third kappa shape index (κ3) is 6.24. The molecule has 1 unspecified atom stereocenters. The predicted octanol–water partition coefficient (Wildman–Crippen LogP) is 3.33. The molecule has 1 atom stereocenters. The molecule has 0 bridgehead atoms. The molecule has 0 spiro atoms. The molecule has 0 aliphatic carbocycles. The summed E-state index contributed by atoms with van der Waals surface area (Å²) in [5.74, 6) is 1.11. The first-order valence-electron chi connectivity index (χ1n) is 9.14. The molecule has 8 heteroatoms. The highest BCUT2D eigenvalue weighted by Crippen LogP contribution is 2.19. The van der Waals surface area contributed by atoms with Gasteiger partial charge >= 0.3 is 0 Å².